The quantitative estimate of drug-likeness (QED) is 0.500. The molecule has 0 unspecified atom stereocenters. The molecule has 2 heterocycles. The molecule has 39 heavy (non-hydrogen) atoms. The molecule has 10 nitrogen and oxygen atoms in total. The minimum absolute atomic E-state index is 0.0348. The number of benzene rings is 1. The van der Waals surface area contributed by atoms with Gasteiger partial charge in [0.25, 0.3) is 5.91 Å². The molecule has 1 aromatic heterocycles. The molecular formula is C27H38FN5O5S. The summed E-state index contributed by atoms with van der Waals surface area (Å²) in [6.07, 6.45) is 1.36. The molecular weight excluding hydrogens is 525 g/mol. The number of para-hydroxylation sites is 1. The minimum atomic E-state index is -1.30. The van der Waals surface area contributed by atoms with E-state index in [-0.39, 0.29) is 36.8 Å². The highest BCUT2D eigenvalue weighted by Gasteiger charge is 2.47. The molecule has 12 heteroatoms. The Morgan fingerprint density at radius 2 is 1.95 bits per heavy atom. The van der Waals surface area contributed by atoms with E-state index in [9.17, 15) is 23.9 Å². The number of hydrogen-bond acceptors (Lipinski definition) is 7. The van der Waals surface area contributed by atoms with Gasteiger partial charge in [0.05, 0.1) is 17.2 Å². The van der Waals surface area contributed by atoms with Crippen molar-refractivity contribution in [3.8, 4) is 5.69 Å². The van der Waals surface area contributed by atoms with Crippen LogP contribution in [0.2, 0.25) is 0 Å². The average molecular weight is 564 g/mol. The number of aliphatic carboxylic acids is 1. The van der Waals surface area contributed by atoms with E-state index >= 15 is 0 Å². The second-order valence-electron chi connectivity index (χ2n) is 11.6. The largest absolute Gasteiger partial charge is 0.481 e. The first-order valence-electron chi connectivity index (χ1n) is 12.9. The molecule has 1 aliphatic rings. The summed E-state index contributed by atoms with van der Waals surface area (Å²) in [5, 5.41) is 18.4. The first-order valence-corrected chi connectivity index (χ1v) is 14.3. The van der Waals surface area contributed by atoms with Crippen molar-refractivity contribution in [2.24, 2.45) is 11.3 Å². The number of thioether (sulfide) groups is 1. The number of carboxylic acids is 1. The molecule has 1 aliphatic heterocycles. The van der Waals surface area contributed by atoms with Crippen LogP contribution in [0, 0.1) is 17.2 Å². The van der Waals surface area contributed by atoms with E-state index in [2.05, 4.69) is 10.3 Å². The number of piperidine rings is 1. The van der Waals surface area contributed by atoms with Crippen molar-refractivity contribution >= 4 is 29.7 Å². The van der Waals surface area contributed by atoms with Gasteiger partial charge in [-0.3, -0.25) is 9.59 Å². The smallest absolute Gasteiger partial charge is 0.410 e. The van der Waals surface area contributed by atoms with E-state index in [1.807, 2.05) is 20.1 Å². The van der Waals surface area contributed by atoms with Crippen LogP contribution in [0.3, 0.4) is 0 Å². The van der Waals surface area contributed by atoms with Crippen LogP contribution < -0.4 is 0 Å². The maximum Gasteiger partial charge on any atom is 0.410 e. The summed E-state index contributed by atoms with van der Waals surface area (Å²) in [4.78, 5) is 42.4. The highest BCUT2D eigenvalue weighted by molar-refractivity contribution is 7.97. The predicted molar refractivity (Wildman–Crippen MR) is 146 cm³/mol. The molecule has 2 aromatic rings. The minimum Gasteiger partial charge on any atom is -0.481 e. The fourth-order valence-electron chi connectivity index (χ4n) is 4.70. The molecule has 0 radical (unpaired) electrons. The molecule has 2 amide bonds. The van der Waals surface area contributed by atoms with Crippen molar-refractivity contribution in [1.82, 2.24) is 24.8 Å². The molecule has 1 fully saturated rings. The second-order valence-corrected chi connectivity index (χ2v) is 12.5. The van der Waals surface area contributed by atoms with E-state index in [1.165, 1.54) is 27.4 Å². The number of likely N-dealkylation sites (tertiary alicyclic amines) is 1. The van der Waals surface area contributed by atoms with Gasteiger partial charge in [0.1, 0.15) is 17.1 Å². The van der Waals surface area contributed by atoms with Crippen molar-refractivity contribution < 1.29 is 28.6 Å². The summed E-state index contributed by atoms with van der Waals surface area (Å²) in [6, 6.07) is 5.50. The third-order valence-electron chi connectivity index (χ3n) is 6.42. The Bertz CT molecular complexity index is 1210. The van der Waals surface area contributed by atoms with Gasteiger partial charge >= 0.3 is 12.1 Å². The monoisotopic (exact) mass is 563 g/mol. The highest BCUT2D eigenvalue weighted by atomic mass is 32.2. The zero-order valence-corrected chi connectivity index (χ0v) is 24.4. The number of nitrogens with zero attached hydrogens (tertiary/aromatic N) is 5. The van der Waals surface area contributed by atoms with Gasteiger partial charge in [-0.2, -0.15) is 11.8 Å². The van der Waals surface area contributed by atoms with Crippen LogP contribution in [0.15, 0.2) is 24.3 Å². The first-order chi connectivity index (χ1) is 18.2. The molecule has 0 aliphatic carbocycles. The van der Waals surface area contributed by atoms with Gasteiger partial charge in [0.15, 0.2) is 5.69 Å². The Labute approximate surface area is 232 Å². The van der Waals surface area contributed by atoms with Gasteiger partial charge in [-0.1, -0.05) is 31.2 Å². The lowest BCUT2D eigenvalue weighted by molar-refractivity contribution is -0.152. The third-order valence-corrected chi connectivity index (χ3v) is 6.98. The molecule has 1 N–H and O–H groups in total. The van der Waals surface area contributed by atoms with E-state index in [0.717, 1.165) is 0 Å². The molecule has 0 bridgehead atoms. The number of carbonyl (C=O) groups excluding carboxylic acids is 2. The standard InChI is InChI=1S/C27H38FN5O5S/c1-17(2)13-32(18-12-27(6,24(35)36)16-31(14-18)25(37)38-26(3,4)5)23(34)22-21(15-39-7)33(30-29-22)20-11-9-8-10-19(20)28/h8-11,17-18H,12-16H2,1-7H3,(H,35,36)/t18-,27+/m0/s1. The summed E-state index contributed by atoms with van der Waals surface area (Å²) in [7, 11) is 0. The third kappa shape index (κ3) is 7.09. The van der Waals surface area contributed by atoms with Crippen molar-refractivity contribution in [2.45, 2.75) is 65.4 Å². The number of carboxylic acid groups (broad SMARTS) is 1. The highest BCUT2D eigenvalue weighted by Crippen LogP contribution is 2.34. The normalized spacial score (nSPS) is 19.7. The lowest BCUT2D eigenvalue weighted by Crippen LogP contribution is -2.60. The van der Waals surface area contributed by atoms with Crippen LogP contribution in [0.4, 0.5) is 9.18 Å². The second kappa shape index (κ2) is 11.9. The molecule has 0 saturated carbocycles. The average Bonchev–Trinajstić information content (AvgIpc) is 3.24. The first kappa shape index (κ1) is 30.4. The van der Waals surface area contributed by atoms with Gasteiger partial charge in [0.2, 0.25) is 0 Å². The van der Waals surface area contributed by atoms with E-state index in [1.54, 1.807) is 50.8 Å². The number of carbonyl (C=O) groups is 3. The Morgan fingerprint density at radius 3 is 2.51 bits per heavy atom. The Hall–Kier alpha value is -3.15. The Kier molecular flexibility index (Phi) is 9.30. The predicted octanol–water partition coefficient (Wildman–Crippen LogP) is 4.47. The lowest BCUT2D eigenvalue weighted by atomic mass is 9.79. The zero-order valence-electron chi connectivity index (χ0n) is 23.6. The maximum absolute atomic E-state index is 14.6. The number of ether oxygens (including phenoxy) is 1. The number of hydrogen-bond donors (Lipinski definition) is 1. The summed E-state index contributed by atoms with van der Waals surface area (Å²) in [5.41, 5.74) is -1.39. The van der Waals surface area contributed by atoms with Crippen LogP contribution in [0.5, 0.6) is 0 Å². The molecule has 1 saturated heterocycles. The summed E-state index contributed by atoms with van der Waals surface area (Å²) >= 11 is 1.44. The SMILES string of the molecule is CSCc1c(C(=O)N(CC(C)C)[C@@H]2CN(C(=O)OC(C)(C)C)C[C@](C)(C(=O)O)C2)nnn1-c1ccccc1F. The molecule has 2 atom stereocenters. The Balaban J connectivity index is 2.05. The molecule has 1 aromatic carbocycles. The van der Waals surface area contributed by atoms with Gasteiger partial charge in [-0.15, -0.1) is 5.10 Å². The number of rotatable bonds is 8. The summed E-state index contributed by atoms with van der Waals surface area (Å²) in [5.74, 6) is -1.63. The summed E-state index contributed by atoms with van der Waals surface area (Å²) in [6.45, 7) is 11.1. The van der Waals surface area contributed by atoms with Gasteiger partial charge in [0, 0.05) is 25.4 Å². The topological polar surface area (TPSA) is 118 Å². The van der Waals surface area contributed by atoms with E-state index < -0.39 is 40.8 Å². The number of aromatic nitrogens is 3. The van der Waals surface area contributed by atoms with Crippen LogP contribution in [0.25, 0.3) is 5.69 Å². The molecule has 3 rings (SSSR count). The van der Waals surface area contributed by atoms with Gasteiger partial charge < -0.3 is 19.6 Å². The van der Waals surface area contributed by atoms with Gasteiger partial charge in [-0.05, 0) is 58.4 Å². The maximum atomic E-state index is 14.6. The van der Waals surface area contributed by atoms with Crippen molar-refractivity contribution in [3.63, 3.8) is 0 Å². The van der Waals surface area contributed by atoms with Crippen molar-refractivity contribution in [3.05, 3.63) is 41.5 Å². The van der Waals surface area contributed by atoms with E-state index in [4.69, 9.17) is 4.74 Å². The molecule has 0 spiro atoms. The van der Waals surface area contributed by atoms with Crippen LogP contribution in [-0.2, 0) is 15.3 Å². The van der Waals surface area contributed by atoms with Crippen molar-refractivity contribution in [1.29, 1.82) is 0 Å². The van der Waals surface area contributed by atoms with Crippen LogP contribution in [-0.4, -0.2) is 85.4 Å². The number of amides is 2. The fraction of sp³-hybridized carbons (Fsp3) is 0.593. The van der Waals surface area contributed by atoms with Crippen molar-refractivity contribution in [2.75, 3.05) is 25.9 Å². The lowest BCUT2D eigenvalue weighted by Gasteiger charge is -2.46. The zero-order chi connectivity index (χ0) is 29.1. The molecule has 214 valence electrons. The Morgan fingerprint density at radius 1 is 1.28 bits per heavy atom. The summed E-state index contributed by atoms with van der Waals surface area (Å²) < 4.78 is 21.5. The number of halogens is 1. The van der Waals surface area contributed by atoms with Crippen LogP contribution in [0.1, 0.15) is 64.1 Å². The van der Waals surface area contributed by atoms with E-state index in [0.29, 0.717) is 18.0 Å². The fourth-order valence-corrected chi connectivity index (χ4v) is 5.23. The van der Waals surface area contributed by atoms with Crippen LogP contribution >= 0.6 is 11.8 Å². The van der Waals surface area contributed by atoms with Gasteiger partial charge in [-0.25, -0.2) is 13.9 Å².